The van der Waals surface area contributed by atoms with E-state index in [1.54, 1.807) is 12.1 Å². The van der Waals surface area contributed by atoms with E-state index >= 15 is 0 Å². The molecular weight excluding hydrogens is 339 g/mol. The van der Waals surface area contributed by atoms with E-state index in [1.807, 2.05) is 37.3 Å². The maximum atomic E-state index is 13.9. The summed E-state index contributed by atoms with van der Waals surface area (Å²) in [6.07, 6.45) is 0. The van der Waals surface area contributed by atoms with Crippen molar-refractivity contribution in [1.29, 1.82) is 0 Å². The largest absolute Gasteiger partial charge is 0.449 e. The molecule has 0 aliphatic heterocycles. The van der Waals surface area contributed by atoms with Gasteiger partial charge in [-0.05, 0) is 25.1 Å². The van der Waals surface area contributed by atoms with Gasteiger partial charge in [-0.25, -0.2) is 9.37 Å². The number of benzene rings is 2. The molecule has 2 heterocycles. The quantitative estimate of drug-likeness (QED) is 0.572. The van der Waals surface area contributed by atoms with Gasteiger partial charge >= 0.3 is 0 Å². The first-order valence-electron chi connectivity index (χ1n) is 7.90. The number of nitrogens with zero attached hydrogens (tertiary/aromatic N) is 1. The van der Waals surface area contributed by atoms with Crippen molar-refractivity contribution in [1.82, 2.24) is 9.97 Å². The summed E-state index contributed by atoms with van der Waals surface area (Å²) >= 11 is 1.52. The highest BCUT2D eigenvalue weighted by atomic mass is 32.2. The third-order valence-electron chi connectivity index (χ3n) is 4.09. The summed E-state index contributed by atoms with van der Waals surface area (Å²) in [6.45, 7) is 1.94. The zero-order chi connectivity index (χ0) is 17.4. The molecule has 4 aromatic rings. The molecule has 1 N–H and O–H groups in total. The van der Waals surface area contributed by atoms with Gasteiger partial charge in [0.1, 0.15) is 22.7 Å². The molecule has 25 heavy (non-hydrogen) atoms. The standard InChI is InChI=1S/C19H15FN2O2S/c1-11(12-6-2-4-8-14(12)20)25-10-16-21-17-13-7-3-5-9-15(13)24-18(17)19(23)22-16/h2-9,11H,10H2,1H3,(H,21,22,23). The molecule has 0 spiro atoms. The van der Waals surface area contributed by atoms with Gasteiger partial charge in [0.05, 0.1) is 5.75 Å². The Morgan fingerprint density at radius 1 is 1.20 bits per heavy atom. The highest BCUT2D eigenvalue weighted by Gasteiger charge is 2.15. The number of hydrogen-bond acceptors (Lipinski definition) is 4. The average molecular weight is 354 g/mol. The van der Waals surface area contributed by atoms with Crippen LogP contribution in [0.5, 0.6) is 0 Å². The second kappa shape index (κ2) is 6.37. The van der Waals surface area contributed by atoms with Crippen molar-refractivity contribution in [3.05, 3.63) is 76.1 Å². The van der Waals surface area contributed by atoms with Gasteiger partial charge in [-0.2, -0.15) is 0 Å². The van der Waals surface area contributed by atoms with Gasteiger partial charge in [-0.1, -0.05) is 30.3 Å². The van der Waals surface area contributed by atoms with E-state index < -0.39 is 0 Å². The maximum Gasteiger partial charge on any atom is 0.294 e. The molecule has 0 radical (unpaired) electrons. The zero-order valence-electron chi connectivity index (χ0n) is 13.5. The highest BCUT2D eigenvalue weighted by Crippen LogP contribution is 2.32. The van der Waals surface area contributed by atoms with Crippen molar-refractivity contribution in [2.24, 2.45) is 0 Å². The molecule has 2 aromatic heterocycles. The SMILES string of the molecule is CC(SCc1nc2c(oc3ccccc32)c(=O)[nH]1)c1ccccc1F. The predicted molar refractivity (Wildman–Crippen MR) is 98.2 cm³/mol. The van der Waals surface area contributed by atoms with Gasteiger partial charge < -0.3 is 9.40 Å². The summed E-state index contributed by atoms with van der Waals surface area (Å²) in [5.74, 6) is 0.803. The molecule has 4 nitrogen and oxygen atoms in total. The fourth-order valence-electron chi connectivity index (χ4n) is 2.81. The summed E-state index contributed by atoms with van der Waals surface area (Å²) in [7, 11) is 0. The molecule has 0 aliphatic rings. The van der Waals surface area contributed by atoms with Crippen LogP contribution >= 0.6 is 11.8 Å². The van der Waals surface area contributed by atoms with E-state index in [4.69, 9.17) is 4.42 Å². The Bertz CT molecular complexity index is 1120. The molecule has 1 unspecified atom stereocenters. The topological polar surface area (TPSA) is 58.9 Å². The first kappa shape index (κ1) is 15.9. The van der Waals surface area contributed by atoms with Crippen molar-refractivity contribution in [2.75, 3.05) is 0 Å². The highest BCUT2D eigenvalue weighted by molar-refractivity contribution is 7.98. The van der Waals surface area contributed by atoms with Crippen molar-refractivity contribution >= 4 is 33.8 Å². The Morgan fingerprint density at radius 2 is 1.96 bits per heavy atom. The predicted octanol–water partition coefficient (Wildman–Crippen LogP) is 4.80. The smallest absolute Gasteiger partial charge is 0.294 e. The fraction of sp³-hybridized carbons (Fsp3) is 0.158. The molecule has 0 aliphatic carbocycles. The number of aromatic nitrogens is 2. The number of thioether (sulfide) groups is 1. The summed E-state index contributed by atoms with van der Waals surface area (Å²) in [5, 5.41) is 0.764. The van der Waals surface area contributed by atoms with Crippen LogP contribution in [0, 0.1) is 5.82 Å². The fourth-order valence-corrected chi connectivity index (χ4v) is 3.73. The lowest BCUT2D eigenvalue weighted by Gasteiger charge is -2.12. The molecule has 0 bridgehead atoms. The van der Waals surface area contributed by atoms with E-state index in [-0.39, 0.29) is 22.2 Å². The number of hydrogen-bond donors (Lipinski definition) is 1. The van der Waals surface area contributed by atoms with Gasteiger partial charge in [0, 0.05) is 16.2 Å². The van der Waals surface area contributed by atoms with Gasteiger partial charge in [0.2, 0.25) is 5.58 Å². The molecule has 0 saturated carbocycles. The van der Waals surface area contributed by atoms with E-state index in [0.717, 1.165) is 5.39 Å². The maximum absolute atomic E-state index is 13.9. The second-order valence-electron chi connectivity index (χ2n) is 5.76. The van der Waals surface area contributed by atoms with Crippen molar-refractivity contribution in [3.63, 3.8) is 0 Å². The number of fused-ring (bicyclic) bond motifs is 3. The average Bonchev–Trinajstić information content (AvgIpc) is 3.00. The van der Waals surface area contributed by atoms with E-state index in [1.165, 1.54) is 17.8 Å². The monoisotopic (exact) mass is 354 g/mol. The van der Waals surface area contributed by atoms with Crippen molar-refractivity contribution in [3.8, 4) is 0 Å². The number of para-hydroxylation sites is 1. The van der Waals surface area contributed by atoms with Gasteiger partial charge in [-0.15, -0.1) is 11.8 Å². The Morgan fingerprint density at radius 3 is 2.80 bits per heavy atom. The van der Waals surface area contributed by atoms with Crippen molar-refractivity contribution < 1.29 is 8.81 Å². The van der Waals surface area contributed by atoms with Crippen LogP contribution in [0.15, 0.2) is 57.7 Å². The van der Waals surface area contributed by atoms with E-state index in [0.29, 0.717) is 28.2 Å². The van der Waals surface area contributed by atoms with Gasteiger partial charge in [0.15, 0.2) is 0 Å². The molecule has 0 amide bonds. The molecule has 0 fully saturated rings. The Labute approximate surface area is 147 Å². The number of rotatable bonds is 4. The minimum atomic E-state index is -0.296. The molecule has 1 atom stereocenters. The number of nitrogens with one attached hydrogen (secondary N) is 1. The van der Waals surface area contributed by atoms with Gasteiger partial charge in [0.25, 0.3) is 5.56 Å². The lowest BCUT2D eigenvalue weighted by Crippen LogP contribution is -2.10. The third kappa shape index (κ3) is 2.93. The van der Waals surface area contributed by atoms with Crippen LogP contribution in [-0.2, 0) is 5.75 Å². The van der Waals surface area contributed by atoms with E-state index in [2.05, 4.69) is 9.97 Å². The van der Waals surface area contributed by atoms with Crippen LogP contribution in [0.2, 0.25) is 0 Å². The van der Waals surface area contributed by atoms with Gasteiger partial charge in [-0.3, -0.25) is 4.79 Å². The number of H-pyrrole nitrogens is 1. The molecule has 6 heteroatoms. The van der Waals surface area contributed by atoms with Crippen molar-refractivity contribution in [2.45, 2.75) is 17.9 Å². The summed E-state index contributed by atoms with van der Waals surface area (Å²) < 4.78 is 19.5. The molecule has 2 aromatic carbocycles. The summed E-state index contributed by atoms with van der Waals surface area (Å²) in [4.78, 5) is 19.6. The Hall–Kier alpha value is -2.60. The van der Waals surface area contributed by atoms with Crippen LogP contribution in [0.4, 0.5) is 4.39 Å². The van der Waals surface area contributed by atoms with E-state index in [9.17, 15) is 9.18 Å². The third-order valence-corrected chi connectivity index (χ3v) is 5.29. The Balaban J connectivity index is 1.65. The van der Waals surface area contributed by atoms with Crippen LogP contribution in [0.1, 0.15) is 23.6 Å². The lowest BCUT2D eigenvalue weighted by molar-refractivity contribution is 0.611. The molecule has 126 valence electrons. The molecular formula is C19H15FN2O2S. The molecule has 4 rings (SSSR count). The minimum absolute atomic E-state index is 0.0525. The van der Waals surface area contributed by atoms with Crippen LogP contribution in [0.3, 0.4) is 0 Å². The lowest BCUT2D eigenvalue weighted by atomic mass is 10.1. The summed E-state index contributed by atoms with van der Waals surface area (Å²) in [5.41, 5.74) is 1.78. The second-order valence-corrected chi connectivity index (χ2v) is 7.09. The number of halogens is 1. The number of aromatic amines is 1. The van der Waals surface area contributed by atoms with Crippen LogP contribution < -0.4 is 5.56 Å². The number of furan rings is 1. The summed E-state index contributed by atoms with van der Waals surface area (Å²) in [6, 6.07) is 14.1. The first-order chi connectivity index (χ1) is 12.1. The normalized spacial score (nSPS) is 12.7. The minimum Gasteiger partial charge on any atom is -0.449 e. The van der Waals surface area contributed by atoms with Crippen LogP contribution in [0.25, 0.3) is 22.1 Å². The molecule has 0 saturated heterocycles. The Kier molecular flexibility index (Phi) is 4.05. The van der Waals surface area contributed by atoms with Crippen LogP contribution in [-0.4, -0.2) is 9.97 Å². The zero-order valence-corrected chi connectivity index (χ0v) is 14.3. The first-order valence-corrected chi connectivity index (χ1v) is 8.95.